The number of aryl methyl sites for hydroxylation is 1. The van der Waals surface area contributed by atoms with Crippen LogP contribution >= 0.6 is 11.9 Å². The van der Waals surface area contributed by atoms with Crippen LogP contribution in [0.25, 0.3) is 10.8 Å². The number of aromatic nitrogens is 1. The van der Waals surface area contributed by atoms with Gasteiger partial charge in [-0.2, -0.15) is 0 Å². The lowest BCUT2D eigenvalue weighted by atomic mass is 9.82. The Balaban J connectivity index is -0.000000142. The van der Waals surface area contributed by atoms with Gasteiger partial charge in [-0.25, -0.2) is 0 Å². The Morgan fingerprint density at radius 2 is 1.44 bits per heavy atom. The monoisotopic (exact) mass is 839 g/mol. The highest BCUT2D eigenvalue weighted by Gasteiger charge is 2.30. The van der Waals surface area contributed by atoms with Crippen LogP contribution in [-0.2, 0) is 6.42 Å². The highest BCUT2D eigenvalue weighted by atomic mass is 32.2. The molecule has 1 saturated heterocycles. The van der Waals surface area contributed by atoms with E-state index in [1.165, 1.54) is 48.6 Å². The second-order valence-electron chi connectivity index (χ2n) is 16.9. The molecule has 6 nitrogen and oxygen atoms in total. The van der Waals surface area contributed by atoms with Gasteiger partial charge in [-0.05, 0) is 128 Å². The zero-order valence-corrected chi connectivity index (χ0v) is 42.6. The van der Waals surface area contributed by atoms with E-state index in [4.69, 9.17) is 11.6 Å². The van der Waals surface area contributed by atoms with Crippen molar-refractivity contribution < 1.29 is 0 Å². The van der Waals surface area contributed by atoms with E-state index >= 15 is 0 Å². The summed E-state index contributed by atoms with van der Waals surface area (Å²) in [5, 5.41) is 3.53. The number of hydrazine groups is 1. The molecule has 2 heterocycles. The molecule has 1 aromatic carbocycles. The summed E-state index contributed by atoms with van der Waals surface area (Å²) in [6, 6.07) is 8.78. The highest BCUT2D eigenvalue weighted by molar-refractivity contribution is 7.98. The number of benzene rings is 1. The normalized spacial score (nSPS) is 15.4. The van der Waals surface area contributed by atoms with E-state index in [1.54, 1.807) is 6.08 Å². The van der Waals surface area contributed by atoms with Crippen molar-refractivity contribution in [1.82, 2.24) is 20.0 Å². The van der Waals surface area contributed by atoms with Crippen LogP contribution in [0.1, 0.15) is 134 Å². The second kappa shape index (κ2) is 41.8. The van der Waals surface area contributed by atoms with Crippen LogP contribution in [0, 0.1) is 42.9 Å². The first-order chi connectivity index (χ1) is 27.5. The maximum atomic E-state index is 5.06. The third kappa shape index (κ3) is 43.0. The van der Waals surface area contributed by atoms with Crippen molar-refractivity contribution in [2.75, 3.05) is 27.2 Å². The minimum atomic E-state index is 0.0694. The van der Waals surface area contributed by atoms with Crippen molar-refractivity contribution in [3.05, 3.63) is 105 Å². The number of fused-ring (bicyclic) bond motifs is 1. The summed E-state index contributed by atoms with van der Waals surface area (Å²) in [7, 11) is 4.14. The summed E-state index contributed by atoms with van der Waals surface area (Å²) >= 11 is 1.85. The Morgan fingerprint density at radius 1 is 0.966 bits per heavy atom. The van der Waals surface area contributed by atoms with E-state index in [0.29, 0.717) is 35.3 Å². The molecule has 2 atom stereocenters. The van der Waals surface area contributed by atoms with Crippen LogP contribution in [0.3, 0.4) is 0 Å². The maximum Gasteiger partial charge on any atom is 0.0450 e. The van der Waals surface area contributed by atoms with Gasteiger partial charge >= 0.3 is 0 Å². The fourth-order valence-electron chi connectivity index (χ4n) is 4.06. The molecule has 2 aromatic rings. The van der Waals surface area contributed by atoms with Gasteiger partial charge in [0.25, 0.3) is 0 Å². The summed E-state index contributed by atoms with van der Waals surface area (Å²) in [6.07, 6.45) is 24.1. The quantitative estimate of drug-likeness (QED) is 0.0692. The van der Waals surface area contributed by atoms with Crippen LogP contribution in [0.2, 0.25) is 0 Å². The van der Waals surface area contributed by atoms with E-state index in [0.717, 1.165) is 17.4 Å². The summed E-state index contributed by atoms with van der Waals surface area (Å²) in [6.45, 7) is 54.2. The van der Waals surface area contributed by atoms with E-state index in [9.17, 15) is 0 Å². The molecule has 1 aliphatic carbocycles. The molecule has 2 fully saturated rings. The number of rotatable bonds is 8. The van der Waals surface area contributed by atoms with Gasteiger partial charge in [0.1, 0.15) is 0 Å². The molecular weight excluding hydrogens is 741 g/mol. The number of nitrogens with two attached hydrogens (primary N) is 2. The molecule has 4 rings (SSSR count). The topological polar surface area (TPSA) is 92.2 Å². The molecule has 1 saturated carbocycles. The number of hydrogen-bond donors (Lipinski definition) is 4. The average Bonchev–Trinajstić information content (AvgIpc) is 3.98. The number of nitrogens with zero attached hydrogens (tertiary/aromatic N) is 2. The number of terminal acetylenes is 1. The second-order valence-corrected chi connectivity index (χ2v) is 18.3. The van der Waals surface area contributed by atoms with Gasteiger partial charge in [-0.3, -0.25) is 25.9 Å². The lowest BCUT2D eigenvalue weighted by molar-refractivity contribution is 0.252. The molecule has 6 N–H and O–H groups in total. The SMILES string of the molecule is C#C.C=C.C=CC(C)C.C=CCN.C=C[C@@H](C)C(C)(C)C.C=C[C@]1(C)CCCN1C.CC.CC(C)(C)NN.CNSC1CC1.Cc1nccc2cc(CC(C)C)ccc12. The predicted octanol–water partition coefficient (Wildman–Crippen LogP) is 13.6. The number of likely N-dealkylation sites (N-methyl/N-ethyl adjacent to an activating group) is 1. The van der Waals surface area contributed by atoms with Gasteiger partial charge in [-0.15, -0.1) is 52.3 Å². The Morgan fingerprint density at radius 3 is 1.68 bits per heavy atom. The first-order valence-electron chi connectivity index (χ1n) is 21.4. The molecule has 342 valence electrons. The third-order valence-corrected chi connectivity index (χ3v) is 9.80. The Kier molecular flexibility index (Phi) is 48.0. The maximum absolute atomic E-state index is 5.06. The fraction of sp³-hybridized carbons (Fsp3) is 0.596. The molecule has 0 radical (unpaired) electrons. The molecule has 1 aliphatic heterocycles. The van der Waals surface area contributed by atoms with Crippen molar-refractivity contribution >= 4 is 22.7 Å². The van der Waals surface area contributed by atoms with Crippen LogP contribution in [0.5, 0.6) is 0 Å². The van der Waals surface area contributed by atoms with E-state index in [2.05, 4.69) is 179 Å². The first-order valence-corrected chi connectivity index (χ1v) is 22.3. The van der Waals surface area contributed by atoms with Crippen molar-refractivity contribution in [2.24, 2.45) is 34.7 Å². The van der Waals surface area contributed by atoms with Crippen molar-refractivity contribution in [2.45, 2.75) is 152 Å². The van der Waals surface area contributed by atoms with Crippen molar-refractivity contribution in [3.8, 4) is 12.8 Å². The minimum Gasteiger partial charge on any atom is -0.327 e. The Labute approximate surface area is 373 Å². The van der Waals surface area contributed by atoms with Crippen LogP contribution in [0.15, 0.2) is 94.2 Å². The fourth-order valence-corrected chi connectivity index (χ4v) is 4.77. The van der Waals surface area contributed by atoms with E-state index < -0.39 is 0 Å². The van der Waals surface area contributed by atoms with Crippen molar-refractivity contribution in [3.63, 3.8) is 0 Å². The summed E-state index contributed by atoms with van der Waals surface area (Å²) in [5.41, 5.74) is 10.8. The first kappa shape index (κ1) is 67.8. The highest BCUT2D eigenvalue weighted by Crippen LogP contribution is 2.31. The molecule has 0 amide bonds. The number of likely N-dealkylation sites (tertiary alicyclic amines) is 1. The lowest BCUT2D eigenvalue weighted by Crippen LogP contribution is -2.41. The van der Waals surface area contributed by atoms with Gasteiger partial charge in [0.15, 0.2) is 0 Å². The number of allylic oxidation sites excluding steroid dienone is 2. The Bertz CT molecular complexity index is 1300. The molecular formula is C52H98N6S. The van der Waals surface area contributed by atoms with Crippen LogP contribution < -0.4 is 21.7 Å². The Hall–Kier alpha value is -2.96. The van der Waals surface area contributed by atoms with Gasteiger partial charge in [0.05, 0.1) is 0 Å². The third-order valence-electron chi connectivity index (χ3n) is 8.76. The largest absolute Gasteiger partial charge is 0.327 e. The standard InChI is InChI=1S/C14H17N.C8H15N.C8H16.C5H10.C4H12N2.C4H9NS.C3H7N.C2H6.C2H4.C2H2/c1-10(2)8-12-4-5-14-11(3)15-7-6-13(14)9-12;1-4-8(2)6-5-7-9(8)3;1-6-7(2)8(3,4)5;1-4-5(2)3;1-4(2,3)6-5;1-5-6-4-2-3-4;1-2-3-4;3*1-2/h4-7,9-10H,8H2,1-3H3;4H,1,5-7H2,2-3H3;6-7H,1H2,2-5H3;4-5H,1H2,2-3H3;6H,5H2,1-3H3;4-5H,2-3H2,1H3;2H,1,3-4H2;1-2H3;1-2H2;1-2H/t;8-;7-;;;;;;;/m.11......./s1. The molecule has 59 heavy (non-hydrogen) atoms. The molecule has 2 aliphatic rings. The van der Waals surface area contributed by atoms with Crippen LogP contribution in [-0.4, -0.2) is 53.4 Å². The molecule has 7 heteroatoms. The zero-order chi connectivity index (χ0) is 47.8. The van der Waals surface area contributed by atoms with Gasteiger partial charge in [-0.1, -0.05) is 124 Å². The number of hydrogen-bond acceptors (Lipinski definition) is 7. The molecule has 0 unspecified atom stereocenters. The molecule has 0 spiro atoms. The van der Waals surface area contributed by atoms with Crippen molar-refractivity contribution in [1.29, 1.82) is 0 Å². The van der Waals surface area contributed by atoms with Gasteiger partial charge in [0, 0.05) is 40.1 Å². The smallest absolute Gasteiger partial charge is 0.0450 e. The molecule has 0 bridgehead atoms. The predicted molar refractivity (Wildman–Crippen MR) is 278 cm³/mol. The summed E-state index contributed by atoms with van der Waals surface area (Å²) in [4.78, 5) is 6.66. The van der Waals surface area contributed by atoms with E-state index in [-0.39, 0.29) is 5.54 Å². The zero-order valence-electron chi connectivity index (χ0n) is 41.8. The minimum absolute atomic E-state index is 0.0694. The van der Waals surface area contributed by atoms with E-state index in [1.807, 2.05) is 72.0 Å². The van der Waals surface area contributed by atoms with Gasteiger partial charge < -0.3 is 5.73 Å². The molecule has 1 aromatic heterocycles. The summed E-state index contributed by atoms with van der Waals surface area (Å²) in [5.74, 6) is 7.03. The number of pyridine rings is 1. The van der Waals surface area contributed by atoms with Crippen LogP contribution in [0.4, 0.5) is 0 Å². The van der Waals surface area contributed by atoms with Gasteiger partial charge in [0.2, 0.25) is 0 Å². The average molecular weight is 839 g/mol. The lowest BCUT2D eigenvalue weighted by Gasteiger charge is -2.28. The number of nitrogens with one attached hydrogen (secondary N) is 2. The summed E-state index contributed by atoms with van der Waals surface area (Å²) < 4.78 is 3.05.